The van der Waals surface area contributed by atoms with Gasteiger partial charge in [-0.2, -0.15) is 5.10 Å². The van der Waals surface area contributed by atoms with Gasteiger partial charge in [-0.25, -0.2) is 5.43 Å². The average Bonchev–Trinajstić information content (AvgIpc) is 2.59. The average molecular weight is 484 g/mol. The lowest BCUT2D eigenvalue weighted by Crippen LogP contribution is -2.17. The van der Waals surface area contributed by atoms with Gasteiger partial charge in [0.15, 0.2) is 0 Å². The molecule has 0 bridgehead atoms. The first-order chi connectivity index (χ1) is 12.2. The Kier molecular flexibility index (Phi) is 6.83. The van der Waals surface area contributed by atoms with Gasteiger partial charge in [-0.05, 0) is 85.7 Å². The van der Waals surface area contributed by atoms with Gasteiger partial charge in [0.05, 0.1) is 22.3 Å². The largest absolute Gasteiger partial charge is 0.506 e. The number of ether oxygens (including phenoxy) is 1. The molecule has 0 unspecified atom stereocenters. The van der Waals surface area contributed by atoms with Gasteiger partial charge in [0.25, 0.3) is 5.91 Å². The summed E-state index contributed by atoms with van der Waals surface area (Å²) in [6, 6.07) is 7.04. The number of halogens is 2. The Morgan fingerprint density at radius 2 is 1.85 bits per heavy atom. The molecule has 7 heteroatoms. The molecule has 0 aliphatic rings. The maximum absolute atomic E-state index is 12.2. The molecule has 0 radical (unpaired) electrons. The highest BCUT2D eigenvalue weighted by atomic mass is 79.9. The fourth-order valence-electron chi connectivity index (χ4n) is 2.40. The summed E-state index contributed by atoms with van der Waals surface area (Å²) in [7, 11) is 1.66. The quantitative estimate of drug-likeness (QED) is 0.457. The van der Waals surface area contributed by atoms with Crippen molar-refractivity contribution in [3.8, 4) is 11.5 Å². The smallest absolute Gasteiger partial charge is 0.271 e. The van der Waals surface area contributed by atoms with Crippen LogP contribution in [0.1, 0.15) is 46.8 Å². The second-order valence-electron chi connectivity index (χ2n) is 6.09. The minimum Gasteiger partial charge on any atom is -0.506 e. The molecule has 0 aliphatic heterocycles. The highest BCUT2D eigenvalue weighted by molar-refractivity contribution is 9.11. The van der Waals surface area contributed by atoms with Crippen LogP contribution in [0.5, 0.6) is 11.5 Å². The van der Waals surface area contributed by atoms with E-state index in [1.165, 1.54) is 12.1 Å². The summed E-state index contributed by atoms with van der Waals surface area (Å²) in [4.78, 5) is 12.2. The molecule has 0 spiro atoms. The van der Waals surface area contributed by atoms with E-state index in [0.717, 1.165) is 22.4 Å². The van der Waals surface area contributed by atoms with E-state index in [1.54, 1.807) is 13.3 Å². The topological polar surface area (TPSA) is 70.9 Å². The predicted molar refractivity (Wildman–Crippen MR) is 110 cm³/mol. The normalized spacial score (nSPS) is 11.2. The van der Waals surface area contributed by atoms with Gasteiger partial charge in [0.2, 0.25) is 0 Å². The fraction of sp³-hybridized carbons (Fsp3) is 0.263. The van der Waals surface area contributed by atoms with E-state index in [2.05, 4.69) is 56.2 Å². The molecule has 5 nitrogen and oxygen atoms in total. The molecule has 0 saturated heterocycles. The number of methoxy groups -OCH3 is 1. The van der Waals surface area contributed by atoms with E-state index in [0.29, 0.717) is 20.4 Å². The van der Waals surface area contributed by atoms with Crippen LogP contribution in [0.15, 0.2) is 38.3 Å². The number of nitrogens with one attached hydrogen (secondary N) is 1. The minimum absolute atomic E-state index is 0.0418. The number of aryl methyl sites for hydroxylation is 1. The number of rotatable bonds is 5. The highest BCUT2D eigenvalue weighted by Crippen LogP contribution is 2.33. The number of benzene rings is 2. The summed E-state index contributed by atoms with van der Waals surface area (Å²) in [5.41, 5.74) is 5.86. The molecule has 1 amide bonds. The zero-order valence-corrected chi connectivity index (χ0v) is 18.1. The van der Waals surface area contributed by atoms with Gasteiger partial charge in [-0.15, -0.1) is 0 Å². The van der Waals surface area contributed by atoms with Crippen LogP contribution in [0.4, 0.5) is 0 Å². The molecular weight excluding hydrogens is 464 g/mol. The predicted octanol–water partition coefficient (Wildman–Crippen LogP) is 5.12. The number of aromatic hydroxyl groups is 1. The van der Waals surface area contributed by atoms with Crippen LogP contribution >= 0.6 is 31.9 Å². The summed E-state index contributed by atoms with van der Waals surface area (Å²) in [6.45, 7) is 6.15. The monoisotopic (exact) mass is 482 g/mol. The Balaban J connectivity index is 2.20. The Hall–Kier alpha value is -1.86. The molecule has 0 aliphatic carbocycles. The first-order valence-corrected chi connectivity index (χ1v) is 9.53. The first-order valence-electron chi connectivity index (χ1n) is 7.94. The van der Waals surface area contributed by atoms with E-state index in [1.807, 2.05) is 19.1 Å². The number of hydrogen-bond acceptors (Lipinski definition) is 4. The number of phenolic OH excluding ortho intramolecular Hbond substituents is 1. The zero-order chi connectivity index (χ0) is 19.4. The van der Waals surface area contributed by atoms with Crippen molar-refractivity contribution in [1.82, 2.24) is 5.43 Å². The number of phenols is 1. The number of carbonyl (C=O) groups excluding carboxylic acids is 1. The van der Waals surface area contributed by atoms with Crippen molar-refractivity contribution in [2.45, 2.75) is 26.7 Å². The SMILES string of the molecule is COc1cc(C)c(/C=N\NC(=O)c2cc(Br)c(O)c(Br)c2)cc1C(C)C. The van der Waals surface area contributed by atoms with E-state index >= 15 is 0 Å². The lowest BCUT2D eigenvalue weighted by Gasteiger charge is -2.14. The number of amides is 1. The summed E-state index contributed by atoms with van der Waals surface area (Å²) in [5, 5.41) is 13.8. The van der Waals surface area contributed by atoms with Crippen LogP contribution in [-0.4, -0.2) is 24.3 Å². The van der Waals surface area contributed by atoms with E-state index in [9.17, 15) is 9.90 Å². The van der Waals surface area contributed by atoms with Gasteiger partial charge < -0.3 is 9.84 Å². The van der Waals surface area contributed by atoms with Crippen LogP contribution < -0.4 is 10.2 Å². The lowest BCUT2D eigenvalue weighted by molar-refractivity contribution is 0.0955. The summed E-state index contributed by atoms with van der Waals surface area (Å²) < 4.78 is 6.28. The highest BCUT2D eigenvalue weighted by Gasteiger charge is 2.12. The second-order valence-corrected chi connectivity index (χ2v) is 7.80. The standard InChI is InChI=1S/C19H20Br2N2O3/c1-10(2)14-6-13(11(3)5-17(14)26-4)9-22-23-19(25)12-7-15(20)18(24)16(21)8-12/h5-10,24H,1-4H3,(H,23,25)/b22-9-. The van der Waals surface area contributed by atoms with E-state index in [4.69, 9.17) is 4.74 Å². The minimum atomic E-state index is -0.377. The molecule has 2 aromatic carbocycles. The van der Waals surface area contributed by atoms with Crippen molar-refractivity contribution in [2.75, 3.05) is 7.11 Å². The Morgan fingerprint density at radius 1 is 1.23 bits per heavy atom. The molecule has 2 rings (SSSR count). The summed E-state index contributed by atoms with van der Waals surface area (Å²) >= 11 is 6.41. The molecule has 0 atom stereocenters. The Bertz CT molecular complexity index is 841. The van der Waals surface area contributed by atoms with Crippen LogP contribution in [0, 0.1) is 6.92 Å². The van der Waals surface area contributed by atoms with Crippen molar-refractivity contribution in [3.05, 3.63) is 55.5 Å². The van der Waals surface area contributed by atoms with Crippen molar-refractivity contribution >= 4 is 44.0 Å². The maximum atomic E-state index is 12.2. The summed E-state index contributed by atoms with van der Waals surface area (Å²) in [6.07, 6.45) is 1.61. The first kappa shape index (κ1) is 20.5. The number of hydrogen-bond donors (Lipinski definition) is 2. The van der Waals surface area contributed by atoms with Crippen molar-refractivity contribution in [2.24, 2.45) is 5.10 Å². The third-order valence-electron chi connectivity index (χ3n) is 3.89. The molecular formula is C19H20Br2N2O3. The van der Waals surface area contributed by atoms with Gasteiger partial charge >= 0.3 is 0 Å². The fourth-order valence-corrected chi connectivity index (χ4v) is 3.59. The van der Waals surface area contributed by atoms with Gasteiger partial charge in [-0.1, -0.05) is 13.8 Å². The molecule has 0 aromatic heterocycles. The Labute approximate surface area is 169 Å². The molecule has 0 saturated carbocycles. The van der Waals surface area contributed by atoms with Gasteiger partial charge in [0.1, 0.15) is 11.5 Å². The van der Waals surface area contributed by atoms with Crippen LogP contribution in [0.3, 0.4) is 0 Å². The molecule has 26 heavy (non-hydrogen) atoms. The molecule has 2 aromatic rings. The zero-order valence-electron chi connectivity index (χ0n) is 14.9. The lowest BCUT2D eigenvalue weighted by atomic mass is 9.97. The molecule has 138 valence electrons. The van der Waals surface area contributed by atoms with Crippen LogP contribution in [-0.2, 0) is 0 Å². The van der Waals surface area contributed by atoms with Crippen molar-refractivity contribution in [3.63, 3.8) is 0 Å². The number of carbonyl (C=O) groups is 1. The van der Waals surface area contributed by atoms with Crippen molar-refractivity contribution in [1.29, 1.82) is 0 Å². The molecule has 0 fully saturated rings. The molecule has 0 heterocycles. The third kappa shape index (κ3) is 4.65. The van der Waals surface area contributed by atoms with E-state index in [-0.39, 0.29) is 11.7 Å². The van der Waals surface area contributed by atoms with Gasteiger partial charge in [0, 0.05) is 5.56 Å². The maximum Gasteiger partial charge on any atom is 0.271 e. The third-order valence-corrected chi connectivity index (χ3v) is 5.10. The number of nitrogens with zero attached hydrogens (tertiary/aromatic N) is 1. The number of hydrazone groups is 1. The van der Waals surface area contributed by atoms with Gasteiger partial charge in [-0.3, -0.25) is 4.79 Å². The van der Waals surface area contributed by atoms with Crippen molar-refractivity contribution < 1.29 is 14.6 Å². The second kappa shape index (κ2) is 8.68. The van der Waals surface area contributed by atoms with Crippen LogP contribution in [0.25, 0.3) is 0 Å². The van der Waals surface area contributed by atoms with Crippen LogP contribution in [0.2, 0.25) is 0 Å². The molecule has 2 N–H and O–H groups in total. The Morgan fingerprint density at radius 3 is 2.38 bits per heavy atom. The van der Waals surface area contributed by atoms with E-state index < -0.39 is 0 Å². The summed E-state index contributed by atoms with van der Waals surface area (Å²) in [5.74, 6) is 0.814.